The number of nitrogens with one attached hydrogen (secondary N) is 4. The Labute approximate surface area is 271 Å². The number of aliphatic carboxylic acids is 1. The highest BCUT2D eigenvalue weighted by molar-refractivity contribution is 5.98. The molecule has 0 aliphatic carbocycles. The van der Waals surface area contributed by atoms with Crippen LogP contribution in [0.25, 0.3) is 0 Å². The molecule has 2 rings (SSSR count). The first-order valence-electron chi connectivity index (χ1n) is 15.2. The van der Waals surface area contributed by atoms with E-state index >= 15 is 0 Å². The number of benzene rings is 1. The molecule has 0 radical (unpaired) electrons. The first kappa shape index (κ1) is 38.4. The fourth-order valence-electron chi connectivity index (χ4n) is 4.86. The molecule has 1 fully saturated rings. The number of aliphatic hydroxyl groups is 1. The average Bonchev–Trinajstić information content (AvgIpc) is 3.49. The molecule has 11 N–H and O–H groups in total. The van der Waals surface area contributed by atoms with Crippen molar-refractivity contribution in [1.82, 2.24) is 26.2 Å². The van der Waals surface area contributed by atoms with Crippen LogP contribution in [0.1, 0.15) is 52.5 Å². The molecule has 0 bridgehead atoms. The molecule has 260 valence electrons. The van der Waals surface area contributed by atoms with Crippen LogP contribution in [0.4, 0.5) is 0 Å². The standard InChI is InChI=1S/C30H45N7O10/c1-14(2)23(32)27(43)36-24(16(4)38)28(44)34-19(13-22(31)40)29(45)37-11-5-6-21(37)26(42)33-15(3)25(41)35-20(30(46)47)12-17-7-9-18(39)10-8-17/h7-10,14-16,19-21,23-24,38-39H,5-6,11-13,32H2,1-4H3,(H2,31,40)(H,33,42)(H,34,44)(H,35,41)(H,36,43)(H,46,47)/t15-,16+,19-,20-,21-,23-,24-/m0/s1. The van der Waals surface area contributed by atoms with Crippen LogP contribution in [-0.2, 0) is 40.0 Å². The summed E-state index contributed by atoms with van der Waals surface area (Å²) in [6, 6.07) is -1.97. The van der Waals surface area contributed by atoms with E-state index < -0.39 is 90.2 Å². The van der Waals surface area contributed by atoms with Gasteiger partial charge in [0.25, 0.3) is 0 Å². The summed E-state index contributed by atoms with van der Waals surface area (Å²) < 4.78 is 0. The Bertz CT molecular complexity index is 1320. The van der Waals surface area contributed by atoms with Crippen molar-refractivity contribution in [1.29, 1.82) is 0 Å². The van der Waals surface area contributed by atoms with Crippen LogP contribution in [0.15, 0.2) is 24.3 Å². The summed E-state index contributed by atoms with van der Waals surface area (Å²) in [5, 5.41) is 38.7. The number of amides is 6. The van der Waals surface area contributed by atoms with Crippen molar-refractivity contribution < 1.29 is 48.9 Å². The van der Waals surface area contributed by atoms with Crippen LogP contribution in [0.2, 0.25) is 0 Å². The summed E-state index contributed by atoms with van der Waals surface area (Å²) >= 11 is 0. The van der Waals surface area contributed by atoms with E-state index in [-0.39, 0.29) is 31.1 Å². The Morgan fingerprint density at radius 2 is 1.49 bits per heavy atom. The zero-order valence-corrected chi connectivity index (χ0v) is 26.8. The van der Waals surface area contributed by atoms with Crippen molar-refractivity contribution in [2.24, 2.45) is 17.4 Å². The van der Waals surface area contributed by atoms with Gasteiger partial charge in [0.05, 0.1) is 18.6 Å². The zero-order valence-electron chi connectivity index (χ0n) is 26.8. The number of primary amides is 1. The maximum absolute atomic E-state index is 13.6. The molecule has 7 atom stereocenters. The number of rotatable bonds is 16. The van der Waals surface area contributed by atoms with E-state index in [1.807, 2.05) is 0 Å². The number of carbonyl (C=O) groups excluding carboxylic acids is 6. The molecule has 17 nitrogen and oxygen atoms in total. The monoisotopic (exact) mass is 663 g/mol. The third kappa shape index (κ3) is 11.2. The van der Waals surface area contributed by atoms with Crippen molar-refractivity contribution in [2.45, 2.75) is 95.7 Å². The van der Waals surface area contributed by atoms with Crippen molar-refractivity contribution >= 4 is 41.4 Å². The van der Waals surface area contributed by atoms with E-state index in [1.165, 1.54) is 38.1 Å². The van der Waals surface area contributed by atoms with E-state index in [1.54, 1.807) is 13.8 Å². The molecule has 1 aromatic carbocycles. The highest BCUT2D eigenvalue weighted by Crippen LogP contribution is 2.20. The van der Waals surface area contributed by atoms with Gasteiger partial charge < -0.3 is 53.0 Å². The number of carbonyl (C=O) groups is 7. The normalized spacial score (nSPS) is 18.2. The molecule has 1 saturated heterocycles. The van der Waals surface area contributed by atoms with Crippen LogP contribution in [-0.4, -0.2) is 111 Å². The number of hydrogen-bond donors (Lipinski definition) is 9. The van der Waals surface area contributed by atoms with E-state index in [0.717, 1.165) is 4.90 Å². The minimum atomic E-state index is -1.55. The summed E-state index contributed by atoms with van der Waals surface area (Å²) in [5.74, 6) is -6.64. The number of phenols is 1. The van der Waals surface area contributed by atoms with Gasteiger partial charge in [0, 0.05) is 13.0 Å². The SMILES string of the molecule is CC(C)[C@H](N)C(=O)N[C@H](C(=O)N[C@@H](CC(N)=O)C(=O)N1CCC[C@H]1C(=O)N[C@@H](C)C(=O)N[C@@H](Cc1ccc(O)cc1)C(=O)O)[C@@H](C)O. The minimum absolute atomic E-state index is 0.0106. The van der Waals surface area contributed by atoms with Gasteiger partial charge in [0.2, 0.25) is 35.4 Å². The van der Waals surface area contributed by atoms with Gasteiger partial charge in [-0.05, 0) is 50.3 Å². The number of carboxylic acids is 1. The van der Waals surface area contributed by atoms with Gasteiger partial charge in [0.1, 0.15) is 36.0 Å². The molecule has 0 spiro atoms. The summed E-state index contributed by atoms with van der Waals surface area (Å²) in [4.78, 5) is 89.9. The lowest BCUT2D eigenvalue weighted by Gasteiger charge is -2.30. The smallest absolute Gasteiger partial charge is 0.326 e. The molecule has 1 aromatic rings. The summed E-state index contributed by atoms with van der Waals surface area (Å²) in [5.41, 5.74) is 11.7. The molecule has 1 aliphatic heterocycles. The number of hydrogen-bond acceptors (Lipinski definition) is 10. The minimum Gasteiger partial charge on any atom is -0.508 e. The number of likely N-dealkylation sites (tertiary alicyclic amines) is 1. The molecule has 0 aromatic heterocycles. The van der Waals surface area contributed by atoms with Crippen LogP contribution in [0.5, 0.6) is 5.75 Å². The van der Waals surface area contributed by atoms with Crippen LogP contribution >= 0.6 is 0 Å². The van der Waals surface area contributed by atoms with E-state index in [2.05, 4.69) is 21.3 Å². The molecule has 47 heavy (non-hydrogen) atoms. The number of aliphatic hydroxyl groups excluding tert-OH is 1. The van der Waals surface area contributed by atoms with E-state index in [9.17, 15) is 48.9 Å². The van der Waals surface area contributed by atoms with Gasteiger partial charge in [-0.1, -0.05) is 26.0 Å². The predicted octanol–water partition coefficient (Wildman–Crippen LogP) is -2.79. The molecular weight excluding hydrogens is 618 g/mol. The highest BCUT2D eigenvalue weighted by Gasteiger charge is 2.40. The molecule has 1 heterocycles. The third-order valence-corrected chi connectivity index (χ3v) is 7.68. The van der Waals surface area contributed by atoms with Gasteiger partial charge in [-0.15, -0.1) is 0 Å². The van der Waals surface area contributed by atoms with Gasteiger partial charge in [0.15, 0.2) is 0 Å². The average molecular weight is 664 g/mol. The number of carboxylic acid groups (broad SMARTS) is 1. The van der Waals surface area contributed by atoms with Crippen LogP contribution in [0, 0.1) is 5.92 Å². The molecule has 0 saturated carbocycles. The van der Waals surface area contributed by atoms with E-state index in [0.29, 0.717) is 12.0 Å². The maximum Gasteiger partial charge on any atom is 0.326 e. The Morgan fingerprint density at radius 3 is 2.02 bits per heavy atom. The van der Waals surface area contributed by atoms with Gasteiger partial charge in [-0.2, -0.15) is 0 Å². The lowest BCUT2D eigenvalue weighted by atomic mass is 10.0. The topological polar surface area (TPSA) is 284 Å². The number of phenolic OH excluding ortho intramolecular Hbond substituents is 1. The predicted molar refractivity (Wildman–Crippen MR) is 166 cm³/mol. The van der Waals surface area contributed by atoms with Gasteiger partial charge >= 0.3 is 5.97 Å². The second kappa shape index (κ2) is 17.2. The fourth-order valence-corrected chi connectivity index (χ4v) is 4.86. The Kier molecular flexibility index (Phi) is 14.1. The first-order chi connectivity index (χ1) is 21.9. The summed E-state index contributed by atoms with van der Waals surface area (Å²) in [7, 11) is 0. The summed E-state index contributed by atoms with van der Waals surface area (Å²) in [6.45, 7) is 6.01. The number of nitrogens with zero attached hydrogens (tertiary/aromatic N) is 1. The van der Waals surface area contributed by atoms with Gasteiger partial charge in [-0.3, -0.25) is 28.8 Å². The Balaban J connectivity index is 2.12. The zero-order chi connectivity index (χ0) is 35.6. The third-order valence-electron chi connectivity index (χ3n) is 7.68. The molecule has 0 unspecified atom stereocenters. The van der Waals surface area contributed by atoms with Crippen LogP contribution in [0.3, 0.4) is 0 Å². The quantitative estimate of drug-likeness (QED) is 0.0871. The largest absolute Gasteiger partial charge is 0.508 e. The van der Waals surface area contributed by atoms with Gasteiger partial charge in [-0.25, -0.2) is 4.79 Å². The maximum atomic E-state index is 13.6. The molecule has 1 aliphatic rings. The summed E-state index contributed by atoms with van der Waals surface area (Å²) in [6.07, 6.45) is -1.61. The first-order valence-corrected chi connectivity index (χ1v) is 15.2. The highest BCUT2D eigenvalue weighted by atomic mass is 16.4. The van der Waals surface area contributed by atoms with Crippen molar-refractivity contribution in [3.63, 3.8) is 0 Å². The second-order valence-corrected chi connectivity index (χ2v) is 11.9. The Morgan fingerprint density at radius 1 is 0.894 bits per heavy atom. The van der Waals surface area contributed by atoms with Crippen molar-refractivity contribution in [3.8, 4) is 5.75 Å². The lowest BCUT2D eigenvalue weighted by Crippen LogP contribution is -2.61. The fraction of sp³-hybridized carbons (Fsp3) is 0.567. The number of aromatic hydroxyl groups is 1. The molecule has 17 heteroatoms. The lowest BCUT2D eigenvalue weighted by molar-refractivity contribution is -0.144. The van der Waals surface area contributed by atoms with Crippen LogP contribution < -0.4 is 32.7 Å². The molecule has 6 amide bonds. The van der Waals surface area contributed by atoms with Crippen molar-refractivity contribution in [3.05, 3.63) is 29.8 Å². The van der Waals surface area contributed by atoms with Crippen molar-refractivity contribution in [2.75, 3.05) is 6.54 Å². The molecular formula is C30H45N7O10. The van der Waals surface area contributed by atoms with E-state index in [4.69, 9.17) is 11.5 Å². The Hall–Kier alpha value is -4.77. The second-order valence-electron chi connectivity index (χ2n) is 11.9. The number of nitrogens with two attached hydrogens (primary N) is 2.